The summed E-state index contributed by atoms with van der Waals surface area (Å²) in [6.07, 6.45) is 2.68. The fourth-order valence-electron chi connectivity index (χ4n) is 4.80. The van der Waals surface area contributed by atoms with Gasteiger partial charge in [-0.25, -0.2) is 0 Å². The lowest BCUT2D eigenvalue weighted by Crippen LogP contribution is -2.46. The molecule has 2 nitrogen and oxygen atoms in total. The van der Waals surface area contributed by atoms with Crippen LogP contribution in [0.4, 0.5) is 0 Å². The van der Waals surface area contributed by atoms with Crippen LogP contribution in [0.2, 0.25) is 0 Å². The smallest absolute Gasteiger partial charge is 0.0176 e. The fourth-order valence-corrected chi connectivity index (χ4v) is 4.80. The monoisotopic (exact) mass is 426 g/mol. The minimum absolute atomic E-state index is 0. The van der Waals surface area contributed by atoms with Gasteiger partial charge >= 0.3 is 0 Å². The number of likely N-dealkylation sites (tertiary alicyclic amines) is 2. The highest BCUT2D eigenvalue weighted by Crippen LogP contribution is 2.35. The van der Waals surface area contributed by atoms with Gasteiger partial charge in [-0.05, 0) is 63.2 Å². The van der Waals surface area contributed by atoms with Crippen molar-refractivity contribution in [2.75, 3.05) is 26.2 Å². The molecule has 1 unspecified atom stereocenters. The fraction of sp³-hybridized carbons (Fsp3) is 1.00. The zero-order valence-electron chi connectivity index (χ0n) is 21.6. The second-order valence-electron chi connectivity index (χ2n) is 11.7. The lowest BCUT2D eigenvalue weighted by Gasteiger charge is -2.39. The van der Waals surface area contributed by atoms with E-state index in [4.69, 9.17) is 0 Å². The van der Waals surface area contributed by atoms with Crippen LogP contribution in [0, 0.1) is 35.5 Å². The molecule has 2 rings (SSSR count). The van der Waals surface area contributed by atoms with Crippen LogP contribution in [0.3, 0.4) is 0 Å². The van der Waals surface area contributed by atoms with E-state index in [0.717, 1.165) is 35.5 Å². The van der Waals surface area contributed by atoms with E-state index in [0.29, 0.717) is 11.1 Å². The molecule has 2 saturated heterocycles. The maximum atomic E-state index is 2.69. The van der Waals surface area contributed by atoms with Crippen LogP contribution in [0.15, 0.2) is 0 Å². The molecule has 0 N–H and O–H groups in total. The van der Waals surface area contributed by atoms with E-state index in [1.165, 1.54) is 39.0 Å². The normalized spacial score (nSPS) is 28.2. The molecular formula is C28H62N2. The molecule has 0 aromatic heterocycles. The summed E-state index contributed by atoms with van der Waals surface area (Å²) in [6, 6.07) is 0. The molecule has 0 saturated carbocycles. The van der Waals surface area contributed by atoms with Crippen LogP contribution in [0.25, 0.3) is 0 Å². The van der Waals surface area contributed by atoms with Crippen molar-refractivity contribution in [1.29, 1.82) is 0 Å². The summed E-state index contributed by atoms with van der Waals surface area (Å²) in [7, 11) is 0. The van der Waals surface area contributed by atoms with Crippen LogP contribution in [-0.4, -0.2) is 47.1 Å². The lowest BCUT2D eigenvalue weighted by atomic mass is 9.89. The third kappa shape index (κ3) is 7.51. The average molecular weight is 427 g/mol. The second-order valence-corrected chi connectivity index (χ2v) is 11.7. The molecule has 4 atom stereocenters. The van der Waals surface area contributed by atoms with E-state index < -0.39 is 0 Å². The minimum Gasteiger partial charge on any atom is -0.297 e. The first-order chi connectivity index (χ1) is 12.8. The SMILES string of the molecule is C.C.CCC1CN(C(C)(C)C(C)C)C[C@@H]1C.CC[C@@H]1CN(C(C)(C)C(C)C)C[C@H]1C. The van der Waals surface area contributed by atoms with Crippen molar-refractivity contribution in [1.82, 2.24) is 9.80 Å². The van der Waals surface area contributed by atoms with Gasteiger partial charge in [0.05, 0.1) is 0 Å². The van der Waals surface area contributed by atoms with Crippen LogP contribution < -0.4 is 0 Å². The number of hydrogen-bond acceptors (Lipinski definition) is 2. The minimum atomic E-state index is 0. The highest BCUT2D eigenvalue weighted by Gasteiger charge is 2.39. The number of rotatable bonds is 6. The molecule has 2 aliphatic rings. The predicted molar refractivity (Wildman–Crippen MR) is 140 cm³/mol. The zero-order valence-corrected chi connectivity index (χ0v) is 21.6. The van der Waals surface area contributed by atoms with Crippen molar-refractivity contribution in [3.8, 4) is 0 Å². The van der Waals surface area contributed by atoms with Crippen LogP contribution in [0.5, 0.6) is 0 Å². The Balaban J connectivity index is 0. The maximum absolute atomic E-state index is 2.69. The van der Waals surface area contributed by atoms with Gasteiger partial charge in [-0.15, -0.1) is 0 Å². The Morgan fingerprint density at radius 1 is 0.633 bits per heavy atom. The van der Waals surface area contributed by atoms with Gasteiger partial charge in [0.25, 0.3) is 0 Å². The highest BCUT2D eigenvalue weighted by atomic mass is 15.2. The van der Waals surface area contributed by atoms with Gasteiger partial charge in [0.1, 0.15) is 0 Å². The van der Waals surface area contributed by atoms with E-state index >= 15 is 0 Å². The Kier molecular flexibility index (Phi) is 13.7. The van der Waals surface area contributed by atoms with Gasteiger partial charge in [-0.3, -0.25) is 9.80 Å². The molecule has 0 spiro atoms. The van der Waals surface area contributed by atoms with Crippen LogP contribution >= 0.6 is 0 Å². The quantitative estimate of drug-likeness (QED) is 0.423. The zero-order chi connectivity index (χ0) is 21.9. The van der Waals surface area contributed by atoms with E-state index in [1.807, 2.05) is 0 Å². The summed E-state index contributed by atoms with van der Waals surface area (Å²) in [4.78, 5) is 5.38. The number of nitrogens with zero attached hydrogens (tertiary/aromatic N) is 2. The first-order valence-corrected chi connectivity index (χ1v) is 12.3. The molecule has 2 fully saturated rings. The molecular weight excluding hydrogens is 364 g/mol. The van der Waals surface area contributed by atoms with Crippen molar-refractivity contribution in [3.63, 3.8) is 0 Å². The summed E-state index contributed by atoms with van der Waals surface area (Å²) in [5, 5.41) is 0. The van der Waals surface area contributed by atoms with E-state index in [2.05, 4.69) is 92.9 Å². The van der Waals surface area contributed by atoms with Crippen molar-refractivity contribution in [2.24, 2.45) is 35.5 Å². The molecule has 184 valence electrons. The van der Waals surface area contributed by atoms with Gasteiger partial charge in [-0.1, -0.05) is 83.1 Å². The van der Waals surface area contributed by atoms with E-state index in [-0.39, 0.29) is 14.9 Å². The van der Waals surface area contributed by atoms with Crippen LogP contribution in [-0.2, 0) is 0 Å². The Morgan fingerprint density at radius 2 is 0.900 bits per heavy atom. The first kappa shape index (κ1) is 32.1. The summed E-state index contributed by atoms with van der Waals surface area (Å²) in [6.45, 7) is 33.6. The van der Waals surface area contributed by atoms with Gasteiger partial charge in [-0.2, -0.15) is 0 Å². The van der Waals surface area contributed by atoms with E-state index in [1.54, 1.807) is 0 Å². The Morgan fingerprint density at radius 3 is 1.07 bits per heavy atom. The summed E-state index contributed by atoms with van der Waals surface area (Å²) < 4.78 is 0. The molecule has 30 heavy (non-hydrogen) atoms. The topological polar surface area (TPSA) is 6.48 Å². The molecule has 0 radical (unpaired) electrons. The predicted octanol–water partition coefficient (Wildman–Crippen LogP) is 8.07. The largest absolute Gasteiger partial charge is 0.297 e. The summed E-state index contributed by atoms with van der Waals surface area (Å²) in [5.74, 6) is 5.10. The molecule has 0 aliphatic carbocycles. The maximum Gasteiger partial charge on any atom is 0.0176 e. The van der Waals surface area contributed by atoms with Gasteiger partial charge in [0.2, 0.25) is 0 Å². The second kappa shape index (κ2) is 12.8. The molecule has 0 amide bonds. The Hall–Kier alpha value is -0.0800. The average Bonchev–Trinajstić information content (AvgIpc) is 3.18. The van der Waals surface area contributed by atoms with Crippen molar-refractivity contribution < 1.29 is 0 Å². The van der Waals surface area contributed by atoms with E-state index in [9.17, 15) is 0 Å². The third-order valence-electron chi connectivity index (χ3n) is 9.04. The lowest BCUT2D eigenvalue weighted by molar-refractivity contribution is 0.0972. The Bertz CT molecular complexity index is 410. The Labute approximate surface area is 193 Å². The molecule has 0 aromatic rings. The van der Waals surface area contributed by atoms with Gasteiger partial charge < -0.3 is 0 Å². The van der Waals surface area contributed by atoms with Crippen molar-refractivity contribution >= 4 is 0 Å². The molecule has 2 aliphatic heterocycles. The van der Waals surface area contributed by atoms with Crippen molar-refractivity contribution in [2.45, 2.75) is 122 Å². The third-order valence-corrected chi connectivity index (χ3v) is 9.04. The first-order valence-electron chi connectivity index (χ1n) is 12.3. The molecule has 0 bridgehead atoms. The standard InChI is InChI=1S/2C13H27N.2CH4/c2*1-7-12-9-14(8-11(12)4)13(5,6)10(2)3;;/h2*10-12H,7-9H2,1-6H3;2*1H4/t11-,12?;11-,12-;;/m01../s1. The van der Waals surface area contributed by atoms with Gasteiger partial charge in [0.15, 0.2) is 0 Å². The molecule has 2 heteroatoms. The number of hydrogen-bond donors (Lipinski definition) is 0. The summed E-state index contributed by atoms with van der Waals surface area (Å²) >= 11 is 0. The van der Waals surface area contributed by atoms with Crippen molar-refractivity contribution in [3.05, 3.63) is 0 Å². The van der Waals surface area contributed by atoms with Crippen LogP contribution in [0.1, 0.15) is 111 Å². The van der Waals surface area contributed by atoms with Gasteiger partial charge in [0, 0.05) is 37.3 Å². The summed E-state index contributed by atoms with van der Waals surface area (Å²) in [5.41, 5.74) is 0.746. The highest BCUT2D eigenvalue weighted by molar-refractivity contribution is 4.93. The molecule has 2 heterocycles. The molecule has 0 aromatic carbocycles.